The minimum absolute atomic E-state index is 0.0515. The number of H-pyrrole nitrogens is 1. The van der Waals surface area contributed by atoms with E-state index in [4.69, 9.17) is 9.47 Å². The fourth-order valence-corrected chi connectivity index (χ4v) is 3.66. The van der Waals surface area contributed by atoms with Gasteiger partial charge in [0.05, 0.1) is 19.3 Å². The number of fused-ring (bicyclic) bond motifs is 1. The fraction of sp³-hybridized carbons (Fsp3) is 0.348. The number of likely N-dealkylation sites (tertiary alicyclic amines) is 1. The topological polar surface area (TPSA) is 54.6 Å². The van der Waals surface area contributed by atoms with Crippen molar-refractivity contribution in [1.29, 1.82) is 0 Å². The van der Waals surface area contributed by atoms with Crippen LogP contribution in [-0.4, -0.2) is 41.6 Å². The summed E-state index contributed by atoms with van der Waals surface area (Å²) in [7, 11) is 0. The molecule has 1 N–H and O–H groups in total. The molecule has 5 nitrogen and oxygen atoms in total. The van der Waals surface area contributed by atoms with Gasteiger partial charge in [-0.1, -0.05) is 30.3 Å². The Hall–Kier alpha value is -2.79. The highest BCUT2D eigenvalue weighted by Gasteiger charge is 2.25. The molecule has 0 aliphatic carbocycles. The SMILES string of the molecule is CCOc1ccc2cc(C(=O)N3CCC(OCc4ccccc4)CC3)[nH]c2c1. The van der Waals surface area contributed by atoms with Crippen LogP contribution in [0.4, 0.5) is 0 Å². The number of nitrogens with one attached hydrogen (secondary N) is 1. The molecule has 1 aliphatic heterocycles. The van der Waals surface area contributed by atoms with Crippen molar-refractivity contribution in [2.75, 3.05) is 19.7 Å². The molecule has 3 aromatic rings. The maximum absolute atomic E-state index is 12.9. The van der Waals surface area contributed by atoms with Crippen molar-refractivity contribution in [3.05, 3.63) is 65.9 Å². The van der Waals surface area contributed by atoms with Gasteiger partial charge in [0, 0.05) is 30.1 Å². The summed E-state index contributed by atoms with van der Waals surface area (Å²) in [5.74, 6) is 0.864. The van der Waals surface area contributed by atoms with E-state index >= 15 is 0 Å². The molecule has 4 rings (SSSR count). The van der Waals surface area contributed by atoms with Crippen LogP contribution in [0.3, 0.4) is 0 Å². The van der Waals surface area contributed by atoms with Gasteiger partial charge in [0.1, 0.15) is 11.4 Å². The van der Waals surface area contributed by atoms with E-state index in [2.05, 4.69) is 17.1 Å². The van der Waals surface area contributed by atoms with Gasteiger partial charge in [0.15, 0.2) is 0 Å². The van der Waals surface area contributed by atoms with Crippen molar-refractivity contribution in [2.45, 2.75) is 32.5 Å². The van der Waals surface area contributed by atoms with E-state index < -0.39 is 0 Å². The number of carbonyl (C=O) groups is 1. The number of amides is 1. The van der Waals surface area contributed by atoms with E-state index in [9.17, 15) is 4.79 Å². The van der Waals surface area contributed by atoms with E-state index in [0.29, 0.717) is 18.9 Å². The number of aromatic amines is 1. The molecule has 5 heteroatoms. The predicted octanol–water partition coefficient (Wildman–Crippen LogP) is 4.39. The van der Waals surface area contributed by atoms with Crippen LogP contribution in [0, 0.1) is 0 Å². The van der Waals surface area contributed by atoms with Crippen molar-refractivity contribution in [3.8, 4) is 5.75 Å². The third-order valence-electron chi connectivity index (χ3n) is 5.19. The number of nitrogens with zero attached hydrogens (tertiary/aromatic N) is 1. The lowest BCUT2D eigenvalue weighted by molar-refractivity contribution is -0.000489. The molecule has 1 saturated heterocycles. The zero-order chi connectivity index (χ0) is 19.3. The number of hydrogen-bond acceptors (Lipinski definition) is 3. The van der Waals surface area contributed by atoms with Crippen molar-refractivity contribution in [3.63, 3.8) is 0 Å². The van der Waals surface area contributed by atoms with Crippen LogP contribution in [0.25, 0.3) is 10.9 Å². The molecule has 0 radical (unpaired) electrons. The first-order chi connectivity index (χ1) is 13.7. The quantitative estimate of drug-likeness (QED) is 0.692. The second-order valence-corrected chi connectivity index (χ2v) is 7.15. The molecule has 146 valence electrons. The Balaban J connectivity index is 1.34. The highest BCUT2D eigenvalue weighted by Crippen LogP contribution is 2.23. The molecule has 0 saturated carbocycles. The number of rotatable bonds is 6. The molecule has 28 heavy (non-hydrogen) atoms. The number of benzene rings is 2. The Morgan fingerprint density at radius 3 is 2.64 bits per heavy atom. The summed E-state index contributed by atoms with van der Waals surface area (Å²) in [6.07, 6.45) is 1.95. The second kappa shape index (κ2) is 8.48. The largest absolute Gasteiger partial charge is 0.494 e. The van der Waals surface area contributed by atoms with Crippen molar-refractivity contribution in [1.82, 2.24) is 9.88 Å². The minimum atomic E-state index is 0.0515. The van der Waals surface area contributed by atoms with Gasteiger partial charge in [-0.05, 0) is 43.5 Å². The van der Waals surface area contributed by atoms with Crippen molar-refractivity contribution >= 4 is 16.8 Å². The van der Waals surface area contributed by atoms with Gasteiger partial charge in [-0.3, -0.25) is 4.79 Å². The molecule has 1 amide bonds. The zero-order valence-corrected chi connectivity index (χ0v) is 16.2. The molecule has 0 bridgehead atoms. The molecule has 2 heterocycles. The summed E-state index contributed by atoms with van der Waals surface area (Å²) in [6.45, 7) is 4.65. The maximum Gasteiger partial charge on any atom is 0.270 e. The van der Waals surface area contributed by atoms with Crippen LogP contribution >= 0.6 is 0 Å². The third-order valence-corrected chi connectivity index (χ3v) is 5.19. The predicted molar refractivity (Wildman–Crippen MR) is 110 cm³/mol. The van der Waals surface area contributed by atoms with Gasteiger partial charge in [-0.15, -0.1) is 0 Å². The Morgan fingerprint density at radius 1 is 1.11 bits per heavy atom. The van der Waals surface area contributed by atoms with E-state index in [1.165, 1.54) is 5.56 Å². The third kappa shape index (κ3) is 4.20. The Kier molecular flexibility index (Phi) is 5.63. The Morgan fingerprint density at radius 2 is 1.89 bits per heavy atom. The van der Waals surface area contributed by atoms with Crippen LogP contribution in [0.1, 0.15) is 35.8 Å². The molecule has 2 aromatic carbocycles. The Labute approximate surface area is 165 Å². The summed E-state index contributed by atoms with van der Waals surface area (Å²) in [6, 6.07) is 18.0. The highest BCUT2D eigenvalue weighted by molar-refractivity contribution is 5.98. The van der Waals surface area contributed by atoms with Crippen LogP contribution in [0.2, 0.25) is 0 Å². The van der Waals surface area contributed by atoms with Crippen LogP contribution in [0.5, 0.6) is 5.75 Å². The van der Waals surface area contributed by atoms with E-state index in [-0.39, 0.29) is 12.0 Å². The lowest BCUT2D eigenvalue weighted by Gasteiger charge is -2.31. The van der Waals surface area contributed by atoms with Gasteiger partial charge < -0.3 is 19.4 Å². The van der Waals surface area contributed by atoms with E-state index in [0.717, 1.165) is 42.6 Å². The van der Waals surface area contributed by atoms with Gasteiger partial charge in [-0.25, -0.2) is 0 Å². The first-order valence-electron chi connectivity index (χ1n) is 9.93. The maximum atomic E-state index is 12.9. The highest BCUT2D eigenvalue weighted by atomic mass is 16.5. The van der Waals surface area contributed by atoms with Crippen molar-refractivity contribution < 1.29 is 14.3 Å². The van der Waals surface area contributed by atoms with Gasteiger partial charge >= 0.3 is 0 Å². The van der Waals surface area contributed by atoms with Gasteiger partial charge in [-0.2, -0.15) is 0 Å². The molecule has 0 atom stereocenters. The fourth-order valence-electron chi connectivity index (χ4n) is 3.66. The van der Waals surface area contributed by atoms with Crippen LogP contribution in [-0.2, 0) is 11.3 Å². The standard InChI is InChI=1S/C23H26N2O3/c1-2-27-20-9-8-18-14-22(24-21(18)15-20)23(26)25-12-10-19(11-13-25)28-16-17-6-4-3-5-7-17/h3-9,14-15,19,24H,2,10-13,16H2,1H3. The average Bonchev–Trinajstić information content (AvgIpc) is 3.16. The molecule has 1 fully saturated rings. The zero-order valence-electron chi connectivity index (χ0n) is 16.2. The number of ether oxygens (including phenoxy) is 2. The molecular weight excluding hydrogens is 352 g/mol. The summed E-state index contributed by atoms with van der Waals surface area (Å²) >= 11 is 0. The van der Waals surface area contributed by atoms with Gasteiger partial charge in [0.25, 0.3) is 5.91 Å². The average molecular weight is 378 g/mol. The molecule has 1 aliphatic rings. The normalized spacial score (nSPS) is 15.1. The number of aromatic nitrogens is 1. The number of hydrogen-bond donors (Lipinski definition) is 1. The lowest BCUT2D eigenvalue weighted by Crippen LogP contribution is -2.41. The smallest absolute Gasteiger partial charge is 0.270 e. The first-order valence-corrected chi connectivity index (χ1v) is 9.93. The summed E-state index contributed by atoms with van der Waals surface area (Å²) in [4.78, 5) is 18.0. The molecule has 0 spiro atoms. The van der Waals surface area contributed by atoms with Crippen LogP contribution in [0.15, 0.2) is 54.6 Å². The van der Waals surface area contributed by atoms with Crippen molar-refractivity contribution in [2.24, 2.45) is 0 Å². The summed E-state index contributed by atoms with van der Waals surface area (Å²) < 4.78 is 11.6. The summed E-state index contributed by atoms with van der Waals surface area (Å²) in [5.41, 5.74) is 2.74. The lowest BCUT2D eigenvalue weighted by atomic mass is 10.1. The molecule has 1 aromatic heterocycles. The van der Waals surface area contributed by atoms with E-state index in [1.807, 2.05) is 54.3 Å². The summed E-state index contributed by atoms with van der Waals surface area (Å²) in [5, 5.41) is 1.02. The molecule has 0 unspecified atom stereocenters. The van der Waals surface area contributed by atoms with E-state index in [1.54, 1.807) is 0 Å². The van der Waals surface area contributed by atoms with Crippen LogP contribution < -0.4 is 4.74 Å². The monoisotopic (exact) mass is 378 g/mol. The minimum Gasteiger partial charge on any atom is -0.494 e. The number of carbonyl (C=O) groups excluding carboxylic acids is 1. The molecular formula is C23H26N2O3. The first kappa shape index (κ1) is 18.6. The second-order valence-electron chi connectivity index (χ2n) is 7.15. The number of piperidine rings is 1. The Bertz CT molecular complexity index is 927. The van der Waals surface area contributed by atoms with Gasteiger partial charge in [0.2, 0.25) is 0 Å².